The predicted molar refractivity (Wildman–Crippen MR) is 116 cm³/mol. The molecule has 3 aromatic rings. The third-order valence-electron chi connectivity index (χ3n) is 3.98. The Kier molecular flexibility index (Phi) is 7.49. The molecule has 7 heteroatoms. The van der Waals surface area contributed by atoms with Crippen LogP contribution < -0.4 is 10.6 Å². The number of rotatable bonds is 8. The Bertz CT molecular complexity index is 846. The Morgan fingerprint density at radius 1 is 1.18 bits per heavy atom. The number of thioether (sulfide) groups is 1. The van der Waals surface area contributed by atoms with Crippen molar-refractivity contribution in [2.45, 2.75) is 30.5 Å². The van der Waals surface area contributed by atoms with Crippen molar-refractivity contribution in [2.24, 2.45) is 4.99 Å². The number of nitrogens with zero attached hydrogens (tertiary/aromatic N) is 4. The average Bonchev–Trinajstić information content (AvgIpc) is 3.26. The van der Waals surface area contributed by atoms with Gasteiger partial charge in [0.2, 0.25) is 0 Å². The number of nitrogens with one attached hydrogen (secondary N) is 2. The van der Waals surface area contributed by atoms with E-state index in [2.05, 4.69) is 63.7 Å². The van der Waals surface area contributed by atoms with Crippen LogP contribution in [0.25, 0.3) is 5.82 Å². The fraction of sp³-hybridized carbons (Fsp3) is 0.286. The highest BCUT2D eigenvalue weighted by Crippen LogP contribution is 2.21. The molecule has 2 heterocycles. The molecular formula is C21H26N6S. The van der Waals surface area contributed by atoms with Gasteiger partial charge in [0.1, 0.15) is 12.1 Å². The van der Waals surface area contributed by atoms with Crippen molar-refractivity contribution < 1.29 is 0 Å². The van der Waals surface area contributed by atoms with Crippen molar-refractivity contribution in [1.29, 1.82) is 0 Å². The fourth-order valence-corrected chi connectivity index (χ4v) is 3.53. The summed E-state index contributed by atoms with van der Waals surface area (Å²) in [5.41, 5.74) is 1.06. The third kappa shape index (κ3) is 6.13. The van der Waals surface area contributed by atoms with Crippen molar-refractivity contribution in [3.8, 4) is 5.82 Å². The van der Waals surface area contributed by atoms with Crippen molar-refractivity contribution in [2.75, 3.05) is 13.1 Å². The van der Waals surface area contributed by atoms with Crippen molar-refractivity contribution in [1.82, 2.24) is 25.2 Å². The smallest absolute Gasteiger partial charge is 0.191 e. The molecule has 0 radical (unpaired) electrons. The number of pyridine rings is 1. The molecule has 28 heavy (non-hydrogen) atoms. The Labute approximate surface area is 170 Å². The van der Waals surface area contributed by atoms with Crippen LogP contribution in [0.5, 0.6) is 0 Å². The summed E-state index contributed by atoms with van der Waals surface area (Å²) in [5, 5.41) is 7.17. The van der Waals surface area contributed by atoms with E-state index in [1.54, 1.807) is 12.5 Å². The summed E-state index contributed by atoms with van der Waals surface area (Å²) in [4.78, 5) is 14.5. The van der Waals surface area contributed by atoms with E-state index in [-0.39, 0.29) is 0 Å². The second-order valence-electron chi connectivity index (χ2n) is 6.31. The van der Waals surface area contributed by atoms with Gasteiger partial charge in [-0.2, -0.15) is 0 Å². The van der Waals surface area contributed by atoms with E-state index in [0.29, 0.717) is 11.8 Å². The summed E-state index contributed by atoms with van der Waals surface area (Å²) >= 11 is 1.86. The van der Waals surface area contributed by atoms with Gasteiger partial charge in [-0.05, 0) is 30.7 Å². The molecule has 146 valence electrons. The van der Waals surface area contributed by atoms with Gasteiger partial charge in [-0.15, -0.1) is 11.8 Å². The summed E-state index contributed by atoms with van der Waals surface area (Å²) in [5.74, 6) is 1.67. The van der Waals surface area contributed by atoms with E-state index in [9.17, 15) is 0 Å². The highest BCUT2D eigenvalue weighted by molar-refractivity contribution is 8.00. The third-order valence-corrected chi connectivity index (χ3v) is 5.09. The van der Waals surface area contributed by atoms with Crippen LogP contribution in [0.1, 0.15) is 19.4 Å². The minimum Gasteiger partial charge on any atom is -0.357 e. The Morgan fingerprint density at radius 2 is 2.04 bits per heavy atom. The molecule has 0 saturated carbocycles. The summed E-state index contributed by atoms with van der Waals surface area (Å²) in [6.45, 7) is 6.52. The van der Waals surface area contributed by atoms with Gasteiger partial charge in [0.15, 0.2) is 5.96 Å². The zero-order valence-electron chi connectivity index (χ0n) is 16.2. The normalized spacial score (nSPS) is 12.6. The predicted octanol–water partition coefficient (Wildman–Crippen LogP) is 3.50. The number of guanidine groups is 1. The number of aliphatic imine (C=N–C) groups is 1. The van der Waals surface area contributed by atoms with Crippen LogP contribution >= 0.6 is 11.8 Å². The second kappa shape index (κ2) is 10.5. The number of imidazole rings is 1. The Hall–Kier alpha value is -2.80. The van der Waals surface area contributed by atoms with Gasteiger partial charge in [-0.3, -0.25) is 4.57 Å². The molecule has 0 aliphatic rings. The standard InChI is InChI=1S/C21H26N6S/c1-3-23-21(25-13-17(2)28-19-7-5-4-6-8-19)26-15-18-9-10-20(24-14-18)27-12-11-22-16-27/h4-12,14,16-17H,3,13,15H2,1-2H3,(H2,23,25,26). The second-order valence-corrected chi connectivity index (χ2v) is 7.82. The molecule has 0 fully saturated rings. The molecule has 0 bridgehead atoms. The molecule has 2 aromatic heterocycles. The van der Waals surface area contributed by atoms with Gasteiger partial charge in [-0.25, -0.2) is 15.0 Å². The van der Waals surface area contributed by atoms with Crippen LogP contribution in [0, 0.1) is 0 Å². The molecule has 1 atom stereocenters. The SMILES string of the molecule is CCNC(=NCc1ccc(-n2ccnc2)nc1)NCC(C)Sc1ccccc1. The first kappa shape index (κ1) is 19.9. The maximum absolute atomic E-state index is 4.68. The van der Waals surface area contributed by atoms with E-state index in [1.807, 2.05) is 46.9 Å². The molecule has 0 aliphatic heterocycles. The average molecular weight is 395 g/mol. The zero-order valence-corrected chi connectivity index (χ0v) is 17.1. The van der Waals surface area contributed by atoms with Gasteiger partial charge < -0.3 is 10.6 Å². The van der Waals surface area contributed by atoms with Crippen LogP contribution in [0.4, 0.5) is 0 Å². The largest absolute Gasteiger partial charge is 0.357 e. The first-order valence-electron chi connectivity index (χ1n) is 9.41. The van der Waals surface area contributed by atoms with Crippen molar-refractivity contribution in [3.05, 3.63) is 72.9 Å². The Balaban J connectivity index is 1.53. The van der Waals surface area contributed by atoms with Crippen LogP contribution in [-0.2, 0) is 6.54 Å². The van der Waals surface area contributed by atoms with Gasteiger partial charge in [-0.1, -0.05) is 31.2 Å². The minimum absolute atomic E-state index is 0.433. The summed E-state index contributed by atoms with van der Waals surface area (Å²) in [7, 11) is 0. The molecule has 1 unspecified atom stereocenters. The number of benzene rings is 1. The first-order chi connectivity index (χ1) is 13.7. The number of hydrogen-bond donors (Lipinski definition) is 2. The fourth-order valence-electron chi connectivity index (χ4n) is 2.58. The summed E-state index contributed by atoms with van der Waals surface area (Å²) in [6, 6.07) is 14.5. The molecule has 6 nitrogen and oxygen atoms in total. The van der Waals surface area contributed by atoms with Crippen LogP contribution in [0.3, 0.4) is 0 Å². The lowest BCUT2D eigenvalue weighted by Crippen LogP contribution is -2.40. The topological polar surface area (TPSA) is 67.1 Å². The zero-order chi connectivity index (χ0) is 19.6. The summed E-state index contributed by atoms with van der Waals surface area (Å²) in [6.07, 6.45) is 7.21. The highest BCUT2D eigenvalue weighted by Gasteiger charge is 2.06. The monoisotopic (exact) mass is 394 g/mol. The van der Waals surface area contributed by atoms with Crippen molar-refractivity contribution in [3.63, 3.8) is 0 Å². The first-order valence-corrected chi connectivity index (χ1v) is 10.3. The molecule has 0 aliphatic carbocycles. The lowest BCUT2D eigenvalue weighted by molar-refractivity contribution is 0.794. The molecule has 1 aromatic carbocycles. The van der Waals surface area contributed by atoms with Gasteiger partial charge in [0, 0.05) is 41.8 Å². The van der Waals surface area contributed by atoms with Gasteiger partial charge >= 0.3 is 0 Å². The molecule has 0 spiro atoms. The Morgan fingerprint density at radius 3 is 2.71 bits per heavy atom. The lowest BCUT2D eigenvalue weighted by Gasteiger charge is -2.15. The van der Waals surface area contributed by atoms with E-state index >= 15 is 0 Å². The van der Waals surface area contributed by atoms with Crippen LogP contribution in [0.15, 0.2) is 77.3 Å². The van der Waals surface area contributed by atoms with E-state index in [0.717, 1.165) is 30.4 Å². The van der Waals surface area contributed by atoms with Gasteiger partial charge in [0.05, 0.1) is 6.54 Å². The number of hydrogen-bond acceptors (Lipinski definition) is 4. The maximum atomic E-state index is 4.68. The molecule has 3 rings (SSSR count). The molecule has 2 N–H and O–H groups in total. The van der Waals surface area contributed by atoms with E-state index in [4.69, 9.17) is 0 Å². The highest BCUT2D eigenvalue weighted by atomic mass is 32.2. The van der Waals surface area contributed by atoms with Crippen LogP contribution in [0.2, 0.25) is 0 Å². The van der Waals surface area contributed by atoms with Crippen molar-refractivity contribution >= 4 is 17.7 Å². The number of aromatic nitrogens is 3. The minimum atomic E-state index is 0.433. The molecule has 0 amide bonds. The van der Waals surface area contributed by atoms with Crippen LogP contribution in [-0.4, -0.2) is 38.8 Å². The van der Waals surface area contributed by atoms with Gasteiger partial charge in [0.25, 0.3) is 0 Å². The quantitative estimate of drug-likeness (QED) is 0.348. The summed E-state index contributed by atoms with van der Waals surface area (Å²) < 4.78 is 1.88. The van der Waals surface area contributed by atoms with E-state index in [1.165, 1.54) is 4.90 Å². The lowest BCUT2D eigenvalue weighted by atomic mass is 10.3. The molecule has 0 saturated heterocycles. The molecular weight excluding hydrogens is 368 g/mol. The van der Waals surface area contributed by atoms with E-state index < -0.39 is 0 Å². The maximum Gasteiger partial charge on any atom is 0.191 e.